The lowest BCUT2D eigenvalue weighted by Gasteiger charge is -2.08. The van der Waals surface area contributed by atoms with Gasteiger partial charge in [-0.25, -0.2) is 9.37 Å². The normalized spacial score (nSPS) is 10.5. The maximum atomic E-state index is 14.0. The number of aromatic nitrogens is 1. The number of amides is 1. The van der Waals surface area contributed by atoms with E-state index in [2.05, 4.69) is 17.2 Å². The lowest BCUT2D eigenvalue weighted by Crippen LogP contribution is -2.18. The zero-order chi connectivity index (χ0) is 17.4. The van der Waals surface area contributed by atoms with Gasteiger partial charge in [-0.05, 0) is 36.6 Å². The minimum atomic E-state index is -0.667. The van der Waals surface area contributed by atoms with Crippen molar-refractivity contribution in [3.8, 4) is 11.6 Å². The molecule has 0 spiro atoms. The predicted molar refractivity (Wildman–Crippen MR) is 91.9 cm³/mol. The van der Waals surface area contributed by atoms with Crippen molar-refractivity contribution in [2.24, 2.45) is 0 Å². The number of hydrogen-bond acceptors (Lipinski definition) is 3. The lowest BCUT2D eigenvalue weighted by atomic mass is 10.1. The largest absolute Gasteiger partial charge is 0.436 e. The number of carbonyl (C=O) groups is 1. The van der Waals surface area contributed by atoms with E-state index in [0.717, 1.165) is 12.5 Å². The summed E-state index contributed by atoms with van der Waals surface area (Å²) in [5.74, 6) is -0.676. The molecule has 0 aliphatic rings. The van der Waals surface area contributed by atoms with Crippen LogP contribution in [0.1, 0.15) is 48.5 Å². The third-order valence-corrected chi connectivity index (χ3v) is 3.75. The predicted octanol–water partition coefficient (Wildman–Crippen LogP) is 4.50. The smallest absolute Gasteiger partial charge is 0.255 e. The van der Waals surface area contributed by atoms with Gasteiger partial charge < -0.3 is 10.1 Å². The maximum Gasteiger partial charge on any atom is 0.255 e. The SMILES string of the molecule is CCCCCCc1ccc(Oc2ncc(C(=O)NC)cc2F)cc1. The van der Waals surface area contributed by atoms with E-state index in [-0.39, 0.29) is 17.4 Å². The minimum Gasteiger partial charge on any atom is -0.436 e. The Morgan fingerprint density at radius 1 is 1.21 bits per heavy atom. The fourth-order valence-corrected chi connectivity index (χ4v) is 2.36. The van der Waals surface area contributed by atoms with Gasteiger partial charge in [-0.3, -0.25) is 4.79 Å². The number of halogens is 1. The Balaban J connectivity index is 1.97. The summed E-state index contributed by atoms with van der Waals surface area (Å²) in [5, 5.41) is 2.42. The van der Waals surface area contributed by atoms with E-state index in [0.29, 0.717) is 5.75 Å². The van der Waals surface area contributed by atoms with Gasteiger partial charge in [0.05, 0.1) is 5.56 Å². The number of nitrogens with zero attached hydrogens (tertiary/aromatic N) is 1. The molecule has 4 nitrogen and oxygen atoms in total. The van der Waals surface area contributed by atoms with Crippen LogP contribution in [0.3, 0.4) is 0 Å². The van der Waals surface area contributed by atoms with E-state index in [1.807, 2.05) is 24.3 Å². The van der Waals surface area contributed by atoms with Gasteiger partial charge in [0.2, 0.25) is 0 Å². The standard InChI is InChI=1S/C19H23FN2O2/c1-3-4-5-6-7-14-8-10-16(11-9-14)24-19-17(20)12-15(13-22-19)18(23)21-2/h8-13H,3-7H2,1-2H3,(H,21,23). The number of nitrogens with one attached hydrogen (secondary N) is 1. The van der Waals surface area contributed by atoms with Crippen molar-refractivity contribution < 1.29 is 13.9 Å². The summed E-state index contributed by atoms with van der Waals surface area (Å²) < 4.78 is 19.4. The first kappa shape index (κ1) is 17.9. The Kier molecular flexibility index (Phi) is 6.73. The molecular weight excluding hydrogens is 307 g/mol. The molecule has 1 N–H and O–H groups in total. The summed E-state index contributed by atoms with van der Waals surface area (Å²) in [4.78, 5) is 15.3. The highest BCUT2D eigenvalue weighted by Gasteiger charge is 2.11. The van der Waals surface area contributed by atoms with Crippen LogP contribution in [0.5, 0.6) is 11.6 Å². The van der Waals surface area contributed by atoms with Crippen LogP contribution in [0.4, 0.5) is 4.39 Å². The first-order valence-electron chi connectivity index (χ1n) is 8.28. The highest BCUT2D eigenvalue weighted by molar-refractivity contribution is 5.93. The van der Waals surface area contributed by atoms with Crippen LogP contribution in [-0.2, 0) is 6.42 Å². The molecule has 0 aliphatic carbocycles. The molecule has 1 heterocycles. The molecule has 0 radical (unpaired) electrons. The van der Waals surface area contributed by atoms with Crippen molar-refractivity contribution in [1.29, 1.82) is 0 Å². The molecule has 24 heavy (non-hydrogen) atoms. The number of hydrogen-bond donors (Lipinski definition) is 1. The maximum absolute atomic E-state index is 14.0. The van der Waals surface area contributed by atoms with Crippen molar-refractivity contribution in [3.05, 3.63) is 53.5 Å². The number of rotatable bonds is 8. The second-order valence-corrected chi connectivity index (χ2v) is 5.65. The molecule has 5 heteroatoms. The highest BCUT2D eigenvalue weighted by Crippen LogP contribution is 2.23. The topological polar surface area (TPSA) is 51.2 Å². The molecule has 1 aromatic carbocycles. The second kappa shape index (κ2) is 9.01. The molecule has 1 amide bonds. The summed E-state index contributed by atoms with van der Waals surface area (Å²) in [5.41, 5.74) is 1.40. The highest BCUT2D eigenvalue weighted by atomic mass is 19.1. The van der Waals surface area contributed by atoms with Gasteiger partial charge in [-0.2, -0.15) is 0 Å². The number of benzene rings is 1. The Hall–Kier alpha value is -2.43. The van der Waals surface area contributed by atoms with E-state index in [1.165, 1.54) is 44.5 Å². The van der Waals surface area contributed by atoms with Gasteiger partial charge in [0.15, 0.2) is 5.82 Å². The molecular formula is C19H23FN2O2. The number of pyridine rings is 1. The van der Waals surface area contributed by atoms with Gasteiger partial charge >= 0.3 is 0 Å². The van der Waals surface area contributed by atoms with Crippen LogP contribution < -0.4 is 10.1 Å². The van der Waals surface area contributed by atoms with Crippen molar-refractivity contribution >= 4 is 5.91 Å². The molecule has 128 valence electrons. The Labute approximate surface area is 142 Å². The molecule has 0 atom stereocenters. The van der Waals surface area contributed by atoms with Crippen molar-refractivity contribution in [1.82, 2.24) is 10.3 Å². The first-order chi connectivity index (χ1) is 11.6. The number of ether oxygens (including phenoxy) is 1. The van der Waals surface area contributed by atoms with E-state index < -0.39 is 5.82 Å². The molecule has 2 aromatic rings. The van der Waals surface area contributed by atoms with Crippen molar-refractivity contribution in [2.45, 2.75) is 39.0 Å². The third-order valence-electron chi connectivity index (χ3n) is 3.75. The zero-order valence-electron chi connectivity index (χ0n) is 14.1. The zero-order valence-corrected chi connectivity index (χ0v) is 14.1. The molecule has 0 aliphatic heterocycles. The minimum absolute atomic E-state index is 0.140. The lowest BCUT2D eigenvalue weighted by molar-refractivity contribution is 0.0962. The average Bonchev–Trinajstić information content (AvgIpc) is 2.61. The van der Waals surface area contributed by atoms with Crippen LogP contribution in [0, 0.1) is 5.82 Å². The first-order valence-corrected chi connectivity index (χ1v) is 8.28. The van der Waals surface area contributed by atoms with Gasteiger partial charge in [0.1, 0.15) is 5.75 Å². The molecule has 0 saturated heterocycles. The van der Waals surface area contributed by atoms with Gasteiger partial charge in [-0.15, -0.1) is 0 Å². The van der Waals surface area contributed by atoms with Gasteiger partial charge in [-0.1, -0.05) is 38.3 Å². The molecule has 2 rings (SSSR count). The van der Waals surface area contributed by atoms with Crippen molar-refractivity contribution in [3.63, 3.8) is 0 Å². The summed E-state index contributed by atoms with van der Waals surface area (Å²) in [6, 6.07) is 8.70. The van der Waals surface area contributed by atoms with Crippen molar-refractivity contribution in [2.75, 3.05) is 7.05 Å². The fraction of sp³-hybridized carbons (Fsp3) is 0.368. The van der Waals surface area contributed by atoms with E-state index in [9.17, 15) is 9.18 Å². The van der Waals surface area contributed by atoms with E-state index in [1.54, 1.807) is 0 Å². The van der Waals surface area contributed by atoms with E-state index >= 15 is 0 Å². The Morgan fingerprint density at radius 2 is 1.96 bits per heavy atom. The number of unbranched alkanes of at least 4 members (excludes halogenated alkanes) is 3. The summed E-state index contributed by atoms with van der Waals surface area (Å²) in [6.07, 6.45) is 7.22. The fourth-order valence-electron chi connectivity index (χ4n) is 2.36. The molecule has 0 unspecified atom stereocenters. The van der Waals surface area contributed by atoms with Crippen LogP contribution in [0.2, 0.25) is 0 Å². The second-order valence-electron chi connectivity index (χ2n) is 5.65. The molecule has 0 bridgehead atoms. The number of carbonyl (C=O) groups excluding carboxylic acids is 1. The molecule has 1 aromatic heterocycles. The summed E-state index contributed by atoms with van der Waals surface area (Å²) in [7, 11) is 1.48. The Bertz CT molecular complexity index is 672. The summed E-state index contributed by atoms with van der Waals surface area (Å²) >= 11 is 0. The molecule has 0 fully saturated rings. The van der Waals surface area contributed by atoms with Crippen LogP contribution in [0.25, 0.3) is 0 Å². The van der Waals surface area contributed by atoms with Crippen LogP contribution >= 0.6 is 0 Å². The quantitative estimate of drug-likeness (QED) is 0.725. The van der Waals surface area contributed by atoms with Gasteiger partial charge in [0, 0.05) is 13.2 Å². The third kappa shape index (κ3) is 5.05. The molecule has 0 saturated carbocycles. The van der Waals surface area contributed by atoms with E-state index in [4.69, 9.17) is 4.74 Å². The Morgan fingerprint density at radius 3 is 2.58 bits per heavy atom. The van der Waals surface area contributed by atoms with Gasteiger partial charge in [0.25, 0.3) is 11.8 Å². The average molecular weight is 330 g/mol. The summed E-state index contributed by atoms with van der Waals surface area (Å²) in [6.45, 7) is 2.19. The monoisotopic (exact) mass is 330 g/mol. The van der Waals surface area contributed by atoms with Crippen LogP contribution in [0.15, 0.2) is 36.5 Å². The number of aryl methyl sites for hydroxylation is 1. The van der Waals surface area contributed by atoms with Crippen LogP contribution in [-0.4, -0.2) is 17.9 Å².